The summed E-state index contributed by atoms with van der Waals surface area (Å²) in [5.74, 6) is -0.843. The molecule has 0 spiro atoms. The Morgan fingerprint density at radius 1 is 1.18 bits per heavy atom. The van der Waals surface area contributed by atoms with Crippen LogP contribution in [-0.4, -0.2) is 12.1 Å². The van der Waals surface area contributed by atoms with Crippen LogP contribution in [0.25, 0.3) is 0 Å². The van der Waals surface area contributed by atoms with E-state index in [1.54, 1.807) is 6.92 Å². The molecule has 0 aliphatic rings. The minimum Gasteiger partial charge on any atom is -0.312 e. The molecular formula is C14H21F2N. The molecule has 0 radical (unpaired) electrons. The van der Waals surface area contributed by atoms with Crippen molar-refractivity contribution in [2.24, 2.45) is 0 Å². The van der Waals surface area contributed by atoms with Gasteiger partial charge in [0.1, 0.15) is 11.6 Å². The van der Waals surface area contributed by atoms with Crippen molar-refractivity contribution in [2.75, 3.05) is 6.54 Å². The van der Waals surface area contributed by atoms with E-state index in [4.69, 9.17) is 0 Å². The lowest BCUT2D eigenvalue weighted by Gasteiger charge is -2.20. The van der Waals surface area contributed by atoms with E-state index in [2.05, 4.69) is 26.1 Å². The SMILES string of the molecule is Cc1ccc(F)c(CCCNC(C)(C)C)c1F. The molecule has 0 aromatic heterocycles. The highest BCUT2D eigenvalue weighted by atomic mass is 19.1. The quantitative estimate of drug-likeness (QED) is 0.794. The second-order valence-electron chi connectivity index (χ2n) is 5.44. The zero-order valence-electron chi connectivity index (χ0n) is 11.0. The van der Waals surface area contributed by atoms with E-state index >= 15 is 0 Å². The first-order valence-electron chi connectivity index (χ1n) is 6.00. The van der Waals surface area contributed by atoms with E-state index in [0.29, 0.717) is 12.0 Å². The molecule has 0 fully saturated rings. The fourth-order valence-corrected chi connectivity index (χ4v) is 1.67. The molecule has 0 saturated carbocycles. The summed E-state index contributed by atoms with van der Waals surface area (Å²) in [7, 11) is 0. The van der Waals surface area contributed by atoms with Crippen LogP contribution in [0.4, 0.5) is 8.78 Å². The van der Waals surface area contributed by atoms with Crippen molar-refractivity contribution in [3.63, 3.8) is 0 Å². The third-order valence-corrected chi connectivity index (χ3v) is 2.64. The average Bonchev–Trinajstić information content (AvgIpc) is 2.21. The Balaban J connectivity index is 2.55. The fraction of sp³-hybridized carbons (Fsp3) is 0.571. The number of benzene rings is 1. The molecule has 0 bridgehead atoms. The van der Waals surface area contributed by atoms with Crippen molar-refractivity contribution in [3.8, 4) is 0 Å². The average molecular weight is 241 g/mol. The molecule has 0 amide bonds. The van der Waals surface area contributed by atoms with Crippen LogP contribution in [0.2, 0.25) is 0 Å². The van der Waals surface area contributed by atoms with E-state index in [-0.39, 0.29) is 11.1 Å². The number of nitrogens with one attached hydrogen (secondary N) is 1. The van der Waals surface area contributed by atoms with Crippen LogP contribution in [0, 0.1) is 18.6 Å². The molecule has 3 heteroatoms. The van der Waals surface area contributed by atoms with Crippen molar-refractivity contribution < 1.29 is 8.78 Å². The largest absolute Gasteiger partial charge is 0.312 e. The number of halogens is 2. The molecule has 96 valence electrons. The molecule has 1 aromatic carbocycles. The Kier molecular flexibility index (Phi) is 4.63. The smallest absolute Gasteiger partial charge is 0.132 e. The van der Waals surface area contributed by atoms with Crippen LogP contribution >= 0.6 is 0 Å². The van der Waals surface area contributed by atoms with Crippen LogP contribution in [-0.2, 0) is 6.42 Å². The van der Waals surface area contributed by atoms with Gasteiger partial charge in [0.2, 0.25) is 0 Å². The van der Waals surface area contributed by atoms with Crippen molar-refractivity contribution in [3.05, 3.63) is 34.9 Å². The van der Waals surface area contributed by atoms with E-state index < -0.39 is 11.6 Å². The molecule has 1 aromatic rings. The normalized spacial score (nSPS) is 11.9. The lowest BCUT2D eigenvalue weighted by atomic mass is 10.0. The molecule has 17 heavy (non-hydrogen) atoms. The summed E-state index contributed by atoms with van der Waals surface area (Å²) in [6, 6.07) is 2.81. The Hall–Kier alpha value is -0.960. The topological polar surface area (TPSA) is 12.0 Å². The molecule has 0 heterocycles. The molecule has 0 atom stereocenters. The van der Waals surface area contributed by atoms with Gasteiger partial charge in [-0.1, -0.05) is 6.07 Å². The maximum Gasteiger partial charge on any atom is 0.132 e. The second-order valence-corrected chi connectivity index (χ2v) is 5.44. The number of rotatable bonds is 4. The standard InChI is InChI=1S/C14H21F2N/c1-10-7-8-12(15)11(13(10)16)6-5-9-17-14(2,3)4/h7-8,17H,5-6,9H2,1-4H3. The highest BCUT2D eigenvalue weighted by Gasteiger charge is 2.12. The van der Waals surface area contributed by atoms with Gasteiger partial charge in [-0.15, -0.1) is 0 Å². The maximum atomic E-state index is 13.7. The molecule has 0 unspecified atom stereocenters. The summed E-state index contributed by atoms with van der Waals surface area (Å²) >= 11 is 0. The van der Waals surface area contributed by atoms with Gasteiger partial charge in [0.05, 0.1) is 0 Å². The molecule has 1 nitrogen and oxygen atoms in total. The minimum absolute atomic E-state index is 0.0453. The van der Waals surface area contributed by atoms with Gasteiger partial charge in [-0.2, -0.15) is 0 Å². The van der Waals surface area contributed by atoms with Crippen LogP contribution in [0.1, 0.15) is 38.3 Å². The molecule has 0 saturated heterocycles. The van der Waals surface area contributed by atoms with E-state index in [1.807, 2.05) is 0 Å². The third-order valence-electron chi connectivity index (χ3n) is 2.64. The van der Waals surface area contributed by atoms with Gasteiger partial charge in [0.25, 0.3) is 0 Å². The first kappa shape index (κ1) is 14.1. The van der Waals surface area contributed by atoms with Crippen molar-refractivity contribution in [1.82, 2.24) is 5.32 Å². The van der Waals surface area contributed by atoms with Gasteiger partial charge < -0.3 is 5.32 Å². The van der Waals surface area contributed by atoms with Gasteiger partial charge in [0, 0.05) is 11.1 Å². The lowest BCUT2D eigenvalue weighted by molar-refractivity contribution is 0.420. The van der Waals surface area contributed by atoms with E-state index in [1.165, 1.54) is 12.1 Å². The minimum atomic E-state index is -0.441. The van der Waals surface area contributed by atoms with E-state index in [9.17, 15) is 8.78 Å². The Bertz CT molecular complexity index is 381. The summed E-state index contributed by atoms with van der Waals surface area (Å²) in [6.45, 7) is 8.63. The highest BCUT2D eigenvalue weighted by Crippen LogP contribution is 2.17. The first-order chi connectivity index (χ1) is 7.81. The molecule has 0 aliphatic carbocycles. The maximum absolute atomic E-state index is 13.7. The van der Waals surface area contributed by atoms with Gasteiger partial charge in [-0.05, 0) is 58.7 Å². The zero-order valence-corrected chi connectivity index (χ0v) is 11.0. The van der Waals surface area contributed by atoms with Crippen LogP contribution in [0.5, 0.6) is 0 Å². The lowest BCUT2D eigenvalue weighted by Crippen LogP contribution is -2.36. The van der Waals surface area contributed by atoms with Crippen molar-refractivity contribution in [1.29, 1.82) is 0 Å². The van der Waals surface area contributed by atoms with Crippen molar-refractivity contribution in [2.45, 2.75) is 46.1 Å². The summed E-state index contributed by atoms with van der Waals surface area (Å²) in [4.78, 5) is 0. The number of aryl methyl sites for hydroxylation is 1. The molecule has 1 N–H and O–H groups in total. The Morgan fingerprint density at radius 2 is 1.82 bits per heavy atom. The van der Waals surface area contributed by atoms with Crippen molar-refractivity contribution >= 4 is 0 Å². The second kappa shape index (κ2) is 5.58. The fourth-order valence-electron chi connectivity index (χ4n) is 1.67. The molecule has 1 rings (SSSR count). The highest BCUT2D eigenvalue weighted by molar-refractivity contribution is 5.26. The first-order valence-corrected chi connectivity index (χ1v) is 6.00. The van der Waals surface area contributed by atoms with Gasteiger partial charge in [0.15, 0.2) is 0 Å². The zero-order chi connectivity index (χ0) is 13.1. The van der Waals surface area contributed by atoms with Crippen LogP contribution < -0.4 is 5.32 Å². The summed E-state index contributed by atoms with van der Waals surface area (Å²) in [6.07, 6.45) is 1.16. The predicted octanol–water partition coefficient (Wildman–Crippen LogP) is 3.59. The van der Waals surface area contributed by atoms with Crippen LogP contribution in [0.15, 0.2) is 12.1 Å². The van der Waals surface area contributed by atoms with E-state index in [0.717, 1.165) is 13.0 Å². The molecular weight excluding hydrogens is 220 g/mol. The van der Waals surface area contributed by atoms with Gasteiger partial charge in [-0.25, -0.2) is 8.78 Å². The Morgan fingerprint density at radius 3 is 2.41 bits per heavy atom. The van der Waals surface area contributed by atoms with Gasteiger partial charge in [-0.3, -0.25) is 0 Å². The predicted molar refractivity (Wildman–Crippen MR) is 67.2 cm³/mol. The summed E-state index contributed by atoms with van der Waals surface area (Å²) in [5, 5.41) is 3.30. The summed E-state index contributed by atoms with van der Waals surface area (Å²) in [5.41, 5.74) is 0.759. The monoisotopic (exact) mass is 241 g/mol. The van der Waals surface area contributed by atoms with Gasteiger partial charge >= 0.3 is 0 Å². The number of hydrogen-bond acceptors (Lipinski definition) is 1. The Labute approximate surface area is 102 Å². The summed E-state index contributed by atoms with van der Waals surface area (Å²) < 4.78 is 27.1. The third kappa shape index (κ3) is 4.43. The molecule has 0 aliphatic heterocycles. The number of hydrogen-bond donors (Lipinski definition) is 1. The van der Waals surface area contributed by atoms with Crippen LogP contribution in [0.3, 0.4) is 0 Å².